The van der Waals surface area contributed by atoms with E-state index in [0.29, 0.717) is 46.7 Å². The van der Waals surface area contributed by atoms with E-state index in [2.05, 4.69) is 0 Å². The molecule has 0 radical (unpaired) electrons. The zero-order chi connectivity index (χ0) is 24.5. The number of methoxy groups -OCH3 is 3. The van der Waals surface area contributed by atoms with Crippen LogP contribution in [0.3, 0.4) is 0 Å². The number of rotatable bonds is 7. The lowest BCUT2D eigenvalue weighted by molar-refractivity contribution is 0.0730. The summed E-state index contributed by atoms with van der Waals surface area (Å²) in [6.07, 6.45) is 0.550. The maximum absolute atomic E-state index is 13.6. The Labute approximate surface area is 202 Å². The molecule has 0 spiro atoms. The second-order valence-corrected chi connectivity index (χ2v) is 8.29. The summed E-state index contributed by atoms with van der Waals surface area (Å²) < 4.78 is 22.2. The zero-order valence-electron chi connectivity index (χ0n) is 19.7. The van der Waals surface area contributed by atoms with Crippen LogP contribution in [-0.2, 0) is 6.42 Å². The molecule has 1 aromatic heterocycles. The number of benzene rings is 3. The molecule has 0 aliphatic carbocycles. The predicted octanol–water partition coefficient (Wildman–Crippen LogP) is 4.61. The number of para-hydroxylation sites is 1. The van der Waals surface area contributed by atoms with E-state index in [9.17, 15) is 9.59 Å². The third kappa shape index (κ3) is 3.89. The largest absolute Gasteiger partial charge is 0.497 e. The summed E-state index contributed by atoms with van der Waals surface area (Å²) in [4.78, 5) is 28.9. The van der Waals surface area contributed by atoms with Gasteiger partial charge in [-0.25, -0.2) is 0 Å². The Hall–Kier alpha value is -4.26. The van der Waals surface area contributed by atoms with E-state index in [0.717, 1.165) is 11.1 Å². The number of fused-ring (bicyclic) bond motifs is 2. The third-order valence-electron chi connectivity index (χ3n) is 6.37. The second kappa shape index (κ2) is 9.18. The minimum Gasteiger partial charge on any atom is -0.497 e. The monoisotopic (exact) mass is 471 g/mol. The average molecular weight is 472 g/mol. The number of carbonyl (C=O) groups is 1. The number of amides is 1. The van der Waals surface area contributed by atoms with Crippen LogP contribution in [0, 0.1) is 0 Å². The molecule has 178 valence electrons. The normalized spacial score (nSPS) is 14.8. The first-order valence-corrected chi connectivity index (χ1v) is 11.3. The zero-order valence-corrected chi connectivity index (χ0v) is 19.7. The highest BCUT2D eigenvalue weighted by Crippen LogP contribution is 2.39. The van der Waals surface area contributed by atoms with Crippen molar-refractivity contribution in [2.45, 2.75) is 12.5 Å². The molecule has 0 saturated heterocycles. The SMILES string of the molecule is COc1cccc([C@H]2c3c(oc4ccccc4c3=O)C(=O)N2CCc2ccc(OC)c(OC)c2)c1. The highest BCUT2D eigenvalue weighted by Gasteiger charge is 2.42. The van der Waals surface area contributed by atoms with E-state index in [-0.39, 0.29) is 17.1 Å². The summed E-state index contributed by atoms with van der Waals surface area (Å²) in [6, 6.07) is 19.5. The van der Waals surface area contributed by atoms with Crippen molar-refractivity contribution < 1.29 is 23.4 Å². The summed E-state index contributed by atoms with van der Waals surface area (Å²) in [7, 11) is 4.76. The van der Waals surface area contributed by atoms with Gasteiger partial charge < -0.3 is 23.5 Å². The highest BCUT2D eigenvalue weighted by atomic mass is 16.5. The fourth-order valence-electron chi connectivity index (χ4n) is 4.64. The molecule has 0 saturated carbocycles. The smallest absolute Gasteiger partial charge is 0.290 e. The lowest BCUT2D eigenvalue weighted by Crippen LogP contribution is -2.31. The van der Waals surface area contributed by atoms with Crippen LogP contribution in [0.25, 0.3) is 11.0 Å². The Morgan fingerprint density at radius 3 is 2.43 bits per heavy atom. The molecule has 1 aliphatic heterocycles. The van der Waals surface area contributed by atoms with Crippen LogP contribution in [-0.4, -0.2) is 38.7 Å². The van der Waals surface area contributed by atoms with Gasteiger partial charge in [-0.05, 0) is 53.9 Å². The lowest BCUT2D eigenvalue weighted by Gasteiger charge is -2.25. The molecule has 3 aromatic carbocycles. The quantitative estimate of drug-likeness (QED) is 0.392. The van der Waals surface area contributed by atoms with Crippen molar-refractivity contribution in [1.29, 1.82) is 0 Å². The molecular formula is C28H25NO6. The number of hydrogen-bond donors (Lipinski definition) is 0. The van der Waals surface area contributed by atoms with Gasteiger partial charge in [-0.15, -0.1) is 0 Å². The van der Waals surface area contributed by atoms with Crippen LogP contribution >= 0.6 is 0 Å². The molecule has 0 fully saturated rings. The van der Waals surface area contributed by atoms with Crippen LogP contribution in [0.15, 0.2) is 75.9 Å². The molecule has 0 bridgehead atoms. The van der Waals surface area contributed by atoms with Crippen molar-refractivity contribution in [3.05, 3.63) is 99.4 Å². The Kier molecular flexibility index (Phi) is 5.91. The van der Waals surface area contributed by atoms with E-state index in [1.54, 1.807) is 50.5 Å². The van der Waals surface area contributed by atoms with Crippen LogP contribution < -0.4 is 19.6 Å². The Bertz CT molecular complexity index is 1470. The van der Waals surface area contributed by atoms with Crippen molar-refractivity contribution in [2.24, 2.45) is 0 Å². The summed E-state index contributed by atoms with van der Waals surface area (Å²) in [5, 5.41) is 0.452. The molecule has 35 heavy (non-hydrogen) atoms. The Balaban J connectivity index is 1.59. The van der Waals surface area contributed by atoms with Crippen LogP contribution in [0.5, 0.6) is 17.2 Å². The summed E-state index contributed by atoms with van der Waals surface area (Å²) >= 11 is 0. The Morgan fingerprint density at radius 1 is 0.857 bits per heavy atom. The van der Waals surface area contributed by atoms with E-state index >= 15 is 0 Å². The summed E-state index contributed by atoms with van der Waals surface area (Å²) in [5.41, 5.74) is 2.31. The van der Waals surface area contributed by atoms with Gasteiger partial charge in [0.15, 0.2) is 16.9 Å². The van der Waals surface area contributed by atoms with E-state index in [1.807, 2.05) is 42.5 Å². The fraction of sp³-hybridized carbons (Fsp3) is 0.214. The van der Waals surface area contributed by atoms with Crippen molar-refractivity contribution in [3.8, 4) is 17.2 Å². The molecule has 7 nitrogen and oxygen atoms in total. The van der Waals surface area contributed by atoms with Crippen LogP contribution in [0.2, 0.25) is 0 Å². The number of nitrogens with zero attached hydrogens (tertiary/aromatic N) is 1. The first-order chi connectivity index (χ1) is 17.0. The van der Waals surface area contributed by atoms with E-state index < -0.39 is 6.04 Å². The summed E-state index contributed by atoms with van der Waals surface area (Å²) in [5.74, 6) is 1.68. The molecule has 1 atom stereocenters. The van der Waals surface area contributed by atoms with Gasteiger partial charge in [0.25, 0.3) is 5.91 Å². The Morgan fingerprint density at radius 2 is 1.66 bits per heavy atom. The maximum Gasteiger partial charge on any atom is 0.290 e. The van der Waals surface area contributed by atoms with Crippen molar-refractivity contribution in [3.63, 3.8) is 0 Å². The topological polar surface area (TPSA) is 78.2 Å². The molecule has 0 N–H and O–H groups in total. The molecule has 4 aromatic rings. The van der Waals surface area contributed by atoms with Gasteiger partial charge in [0.1, 0.15) is 11.3 Å². The number of carbonyl (C=O) groups excluding carboxylic acids is 1. The van der Waals surface area contributed by atoms with E-state index in [4.69, 9.17) is 18.6 Å². The van der Waals surface area contributed by atoms with Crippen molar-refractivity contribution in [2.75, 3.05) is 27.9 Å². The second-order valence-electron chi connectivity index (χ2n) is 8.29. The third-order valence-corrected chi connectivity index (χ3v) is 6.37. The standard InChI is InChI=1S/C28H25NO6/c1-32-19-8-6-7-18(16-19)25-24-26(30)20-9-4-5-10-21(20)35-27(24)28(31)29(25)14-13-17-11-12-22(33-2)23(15-17)34-3/h4-12,15-16,25H,13-14H2,1-3H3/t25-/m0/s1. The van der Waals surface area contributed by atoms with Crippen LogP contribution in [0.1, 0.15) is 33.3 Å². The van der Waals surface area contributed by atoms with E-state index in [1.165, 1.54) is 0 Å². The molecule has 1 amide bonds. The average Bonchev–Trinajstić information content (AvgIpc) is 3.18. The number of hydrogen-bond acceptors (Lipinski definition) is 6. The van der Waals surface area contributed by atoms with Crippen molar-refractivity contribution in [1.82, 2.24) is 4.90 Å². The molecule has 2 heterocycles. The van der Waals surface area contributed by atoms with Gasteiger partial charge in [0.2, 0.25) is 5.76 Å². The van der Waals surface area contributed by atoms with Crippen LogP contribution in [0.4, 0.5) is 0 Å². The first kappa shape index (κ1) is 22.5. The maximum atomic E-state index is 13.6. The molecule has 7 heteroatoms. The summed E-state index contributed by atoms with van der Waals surface area (Å²) in [6.45, 7) is 0.371. The number of ether oxygens (including phenoxy) is 3. The molecule has 0 unspecified atom stereocenters. The minimum atomic E-state index is -0.589. The molecular weight excluding hydrogens is 446 g/mol. The fourth-order valence-corrected chi connectivity index (χ4v) is 4.64. The van der Waals surface area contributed by atoms with Gasteiger partial charge >= 0.3 is 0 Å². The lowest BCUT2D eigenvalue weighted by atomic mass is 9.98. The molecule has 5 rings (SSSR count). The van der Waals surface area contributed by atoms with Gasteiger partial charge in [0, 0.05) is 6.54 Å². The van der Waals surface area contributed by atoms with Crippen molar-refractivity contribution >= 4 is 16.9 Å². The van der Waals surface area contributed by atoms with Gasteiger partial charge in [-0.2, -0.15) is 0 Å². The molecule has 1 aliphatic rings. The minimum absolute atomic E-state index is 0.0915. The highest BCUT2D eigenvalue weighted by molar-refractivity contribution is 5.99. The predicted molar refractivity (Wildman–Crippen MR) is 132 cm³/mol. The van der Waals surface area contributed by atoms with Gasteiger partial charge in [-0.1, -0.05) is 30.3 Å². The van der Waals surface area contributed by atoms with Gasteiger partial charge in [-0.3, -0.25) is 9.59 Å². The first-order valence-electron chi connectivity index (χ1n) is 11.3. The van der Waals surface area contributed by atoms with Gasteiger partial charge in [0.05, 0.1) is 38.3 Å².